The second-order valence-corrected chi connectivity index (χ2v) is 3.53. The first kappa shape index (κ1) is 7.58. The number of aliphatic carboxylic acids is 1. The molecule has 2 bridgehead atoms. The maximum Gasteiger partial charge on any atom is 0.323 e. The van der Waals surface area contributed by atoms with Gasteiger partial charge in [-0.15, -0.1) is 0 Å². The molecule has 0 aromatic rings. The van der Waals surface area contributed by atoms with Crippen LogP contribution in [0, 0.1) is 17.3 Å². The van der Waals surface area contributed by atoms with E-state index in [1.807, 2.05) is 0 Å². The van der Waals surface area contributed by atoms with Crippen LogP contribution in [0.5, 0.6) is 0 Å². The number of ether oxygens (including phenoxy) is 1. The van der Waals surface area contributed by atoms with Gasteiger partial charge in [0.2, 0.25) is 0 Å². The number of rotatable bonds is 2. The predicted octanol–water partition coefficient (Wildman–Crippen LogP) is 0.270. The Balaban J connectivity index is 2.26. The standard InChI is InChI=1S/C8H10O4/c1-12-7(11)8(6(9)10)4-2-5(8)3-4/h4-5H,2-3H2,1H3,(H,9,10). The van der Waals surface area contributed by atoms with Crippen molar-refractivity contribution < 1.29 is 19.4 Å². The summed E-state index contributed by atoms with van der Waals surface area (Å²) in [6.07, 6.45) is 1.75. The lowest BCUT2D eigenvalue weighted by molar-refractivity contribution is -0.224. The molecule has 0 aromatic heterocycles. The Morgan fingerprint density at radius 3 is 2.00 bits per heavy atom. The molecule has 0 aromatic carbocycles. The number of methoxy groups -OCH3 is 1. The van der Waals surface area contributed by atoms with Crippen molar-refractivity contribution in [2.75, 3.05) is 7.11 Å². The number of carbonyl (C=O) groups excluding carboxylic acids is 1. The lowest BCUT2D eigenvalue weighted by Crippen LogP contribution is -2.69. The van der Waals surface area contributed by atoms with E-state index in [4.69, 9.17) is 5.11 Å². The van der Waals surface area contributed by atoms with Gasteiger partial charge in [-0.25, -0.2) is 0 Å². The first-order chi connectivity index (χ1) is 5.64. The van der Waals surface area contributed by atoms with E-state index in [0.29, 0.717) is 0 Å². The molecule has 3 aliphatic rings. The van der Waals surface area contributed by atoms with Crippen molar-refractivity contribution in [3.8, 4) is 0 Å². The average molecular weight is 170 g/mol. The fraction of sp³-hybridized carbons (Fsp3) is 0.750. The molecule has 3 aliphatic carbocycles. The lowest BCUT2D eigenvalue weighted by Gasteiger charge is -2.62. The van der Waals surface area contributed by atoms with Crippen LogP contribution in [-0.2, 0) is 14.3 Å². The second-order valence-electron chi connectivity index (χ2n) is 3.53. The summed E-state index contributed by atoms with van der Waals surface area (Å²) < 4.78 is 4.50. The summed E-state index contributed by atoms with van der Waals surface area (Å²) in [5, 5.41) is 8.89. The highest BCUT2D eigenvalue weighted by Crippen LogP contribution is 2.68. The number of carboxylic acid groups (broad SMARTS) is 1. The highest BCUT2D eigenvalue weighted by Gasteiger charge is 2.74. The van der Waals surface area contributed by atoms with Crippen LogP contribution < -0.4 is 0 Å². The number of carboxylic acids is 1. The molecule has 0 radical (unpaired) electrons. The monoisotopic (exact) mass is 170 g/mol. The summed E-state index contributed by atoms with van der Waals surface area (Å²) >= 11 is 0. The Bertz CT molecular complexity index is 244. The zero-order valence-corrected chi connectivity index (χ0v) is 6.74. The Hall–Kier alpha value is -1.06. The molecule has 0 saturated heterocycles. The van der Waals surface area contributed by atoms with Crippen LogP contribution in [-0.4, -0.2) is 24.2 Å². The van der Waals surface area contributed by atoms with E-state index in [2.05, 4.69) is 4.74 Å². The van der Waals surface area contributed by atoms with Crippen LogP contribution in [0.15, 0.2) is 0 Å². The molecule has 3 fully saturated rings. The summed E-state index contributed by atoms with van der Waals surface area (Å²) in [5.74, 6) is -1.51. The Morgan fingerprint density at radius 2 is 1.92 bits per heavy atom. The topological polar surface area (TPSA) is 63.6 Å². The molecule has 3 rings (SSSR count). The molecule has 1 N–H and O–H groups in total. The molecule has 0 aliphatic heterocycles. The molecule has 3 saturated carbocycles. The Kier molecular flexibility index (Phi) is 1.26. The van der Waals surface area contributed by atoms with Gasteiger partial charge in [-0.1, -0.05) is 0 Å². The molecule has 0 atom stereocenters. The van der Waals surface area contributed by atoms with Crippen LogP contribution in [0.4, 0.5) is 0 Å². The highest BCUT2D eigenvalue weighted by molar-refractivity contribution is 6.02. The zero-order valence-electron chi connectivity index (χ0n) is 6.74. The Morgan fingerprint density at radius 1 is 1.42 bits per heavy atom. The molecule has 66 valence electrons. The van der Waals surface area contributed by atoms with Crippen molar-refractivity contribution in [1.29, 1.82) is 0 Å². The minimum absolute atomic E-state index is 0.0347. The smallest absolute Gasteiger partial charge is 0.323 e. The van der Waals surface area contributed by atoms with Crippen LogP contribution in [0.25, 0.3) is 0 Å². The first-order valence-electron chi connectivity index (χ1n) is 3.95. The molecular formula is C8H10O4. The first-order valence-corrected chi connectivity index (χ1v) is 3.95. The number of hydrogen-bond donors (Lipinski definition) is 1. The SMILES string of the molecule is COC(=O)C1(C(=O)O)C2CC1C2. The van der Waals surface area contributed by atoms with Gasteiger partial charge in [0.05, 0.1) is 7.11 Å². The molecule has 0 spiro atoms. The van der Waals surface area contributed by atoms with Gasteiger partial charge in [0.25, 0.3) is 0 Å². The number of hydrogen-bond acceptors (Lipinski definition) is 3. The van der Waals surface area contributed by atoms with E-state index in [0.717, 1.165) is 12.8 Å². The van der Waals surface area contributed by atoms with Crippen LogP contribution in [0.2, 0.25) is 0 Å². The average Bonchev–Trinajstić information content (AvgIpc) is 1.80. The maximum absolute atomic E-state index is 11.2. The van der Waals surface area contributed by atoms with Crippen molar-refractivity contribution in [2.24, 2.45) is 17.3 Å². The maximum atomic E-state index is 11.2. The summed E-state index contributed by atoms with van der Waals surface area (Å²) in [6.45, 7) is 0. The third-order valence-electron chi connectivity index (χ3n) is 3.30. The van der Waals surface area contributed by atoms with Gasteiger partial charge in [-0.2, -0.15) is 0 Å². The predicted molar refractivity (Wildman–Crippen MR) is 38.3 cm³/mol. The molecular weight excluding hydrogens is 160 g/mol. The van der Waals surface area contributed by atoms with Crippen molar-refractivity contribution >= 4 is 11.9 Å². The van der Waals surface area contributed by atoms with Crippen LogP contribution in [0.1, 0.15) is 12.8 Å². The van der Waals surface area contributed by atoms with E-state index in [1.54, 1.807) is 0 Å². The van der Waals surface area contributed by atoms with Crippen LogP contribution in [0.3, 0.4) is 0 Å². The summed E-state index contributed by atoms with van der Waals surface area (Å²) in [7, 11) is 1.24. The van der Waals surface area contributed by atoms with E-state index in [-0.39, 0.29) is 11.8 Å². The van der Waals surface area contributed by atoms with Gasteiger partial charge >= 0.3 is 11.9 Å². The highest BCUT2D eigenvalue weighted by atomic mass is 16.5. The quantitative estimate of drug-likeness (QED) is 0.477. The van der Waals surface area contributed by atoms with Gasteiger partial charge in [0.1, 0.15) is 0 Å². The third-order valence-corrected chi connectivity index (χ3v) is 3.30. The second kappa shape index (κ2) is 2.00. The van der Waals surface area contributed by atoms with E-state index in [1.165, 1.54) is 7.11 Å². The number of carbonyl (C=O) groups is 2. The molecule has 0 unspecified atom stereocenters. The Labute approximate surface area is 69.5 Å². The summed E-state index contributed by atoms with van der Waals surface area (Å²) in [6, 6.07) is 0. The summed E-state index contributed by atoms with van der Waals surface area (Å²) in [4.78, 5) is 22.0. The molecule has 0 amide bonds. The van der Waals surface area contributed by atoms with Gasteiger partial charge in [-0.3, -0.25) is 9.59 Å². The number of esters is 1. The molecule has 4 nitrogen and oxygen atoms in total. The molecule has 12 heavy (non-hydrogen) atoms. The largest absolute Gasteiger partial charge is 0.480 e. The van der Waals surface area contributed by atoms with Crippen molar-refractivity contribution in [3.63, 3.8) is 0 Å². The van der Waals surface area contributed by atoms with Crippen molar-refractivity contribution in [2.45, 2.75) is 12.8 Å². The van der Waals surface area contributed by atoms with Crippen LogP contribution >= 0.6 is 0 Å². The summed E-state index contributed by atoms with van der Waals surface area (Å²) in [5.41, 5.74) is -1.16. The normalized spacial score (nSPS) is 42.4. The van der Waals surface area contributed by atoms with Gasteiger partial charge < -0.3 is 9.84 Å². The van der Waals surface area contributed by atoms with E-state index in [9.17, 15) is 9.59 Å². The third kappa shape index (κ3) is 0.519. The van der Waals surface area contributed by atoms with Crippen molar-refractivity contribution in [3.05, 3.63) is 0 Å². The minimum atomic E-state index is -1.16. The van der Waals surface area contributed by atoms with Crippen molar-refractivity contribution in [1.82, 2.24) is 0 Å². The van der Waals surface area contributed by atoms with Gasteiger partial charge in [0, 0.05) is 0 Å². The van der Waals surface area contributed by atoms with E-state index < -0.39 is 17.4 Å². The lowest BCUT2D eigenvalue weighted by atomic mass is 9.38. The zero-order chi connectivity index (χ0) is 8.93. The van der Waals surface area contributed by atoms with Gasteiger partial charge in [0.15, 0.2) is 5.41 Å². The fourth-order valence-corrected chi connectivity index (χ4v) is 2.31. The van der Waals surface area contributed by atoms with Gasteiger partial charge in [-0.05, 0) is 24.7 Å². The van der Waals surface area contributed by atoms with E-state index >= 15 is 0 Å². The fourth-order valence-electron chi connectivity index (χ4n) is 2.31. The molecule has 0 heterocycles. The minimum Gasteiger partial charge on any atom is -0.480 e. The molecule has 4 heteroatoms.